The maximum atomic E-state index is 13.3. The number of benzene rings is 1. The number of hydrazine groups is 1. The zero-order valence-electron chi connectivity index (χ0n) is 11.3. The molecule has 20 heavy (non-hydrogen) atoms. The predicted octanol–water partition coefficient (Wildman–Crippen LogP) is 1.88. The first-order chi connectivity index (χ1) is 9.52. The van der Waals surface area contributed by atoms with E-state index < -0.39 is 11.6 Å². The molecule has 1 atom stereocenters. The summed E-state index contributed by atoms with van der Waals surface area (Å²) in [7, 11) is 0. The van der Waals surface area contributed by atoms with E-state index in [1.165, 1.54) is 12.4 Å². The second kappa shape index (κ2) is 6.06. The van der Waals surface area contributed by atoms with E-state index in [0.29, 0.717) is 12.0 Å². The minimum Gasteiger partial charge on any atom is -0.271 e. The Kier molecular flexibility index (Phi) is 4.41. The van der Waals surface area contributed by atoms with Crippen molar-refractivity contribution in [2.45, 2.75) is 32.4 Å². The summed E-state index contributed by atoms with van der Waals surface area (Å²) >= 11 is 0. The Labute approximate surface area is 115 Å². The lowest BCUT2D eigenvalue weighted by Gasteiger charge is -2.17. The molecule has 5 nitrogen and oxygen atoms in total. The van der Waals surface area contributed by atoms with Crippen LogP contribution in [0.15, 0.2) is 24.5 Å². The Bertz CT molecular complexity index is 582. The van der Waals surface area contributed by atoms with E-state index in [0.717, 1.165) is 18.0 Å². The van der Waals surface area contributed by atoms with Crippen LogP contribution in [-0.2, 0) is 6.42 Å². The topological polar surface area (TPSA) is 68.8 Å². The fourth-order valence-electron chi connectivity index (χ4n) is 2.04. The molecule has 0 amide bonds. The van der Waals surface area contributed by atoms with Gasteiger partial charge in [0.1, 0.15) is 12.2 Å². The van der Waals surface area contributed by atoms with Crippen molar-refractivity contribution in [3.8, 4) is 0 Å². The number of halogens is 2. The molecule has 1 aromatic carbocycles. The van der Waals surface area contributed by atoms with Crippen molar-refractivity contribution in [2.75, 3.05) is 0 Å². The molecule has 0 aliphatic rings. The van der Waals surface area contributed by atoms with Crippen molar-refractivity contribution in [3.63, 3.8) is 0 Å². The Morgan fingerprint density at radius 1 is 1.30 bits per heavy atom. The van der Waals surface area contributed by atoms with E-state index in [1.54, 1.807) is 4.68 Å². The first-order valence-electron chi connectivity index (χ1n) is 6.32. The summed E-state index contributed by atoms with van der Waals surface area (Å²) in [6.07, 6.45) is 1.90. The van der Waals surface area contributed by atoms with Gasteiger partial charge in [-0.1, -0.05) is 6.07 Å². The molecule has 3 N–H and O–H groups in total. The van der Waals surface area contributed by atoms with Crippen molar-refractivity contribution < 1.29 is 8.78 Å². The predicted molar refractivity (Wildman–Crippen MR) is 70.5 cm³/mol. The van der Waals surface area contributed by atoms with Crippen LogP contribution in [0, 0.1) is 11.6 Å². The summed E-state index contributed by atoms with van der Waals surface area (Å²) in [6, 6.07) is 3.51. The SMILES string of the molecule is CC(C)n1ncnc1CC(NN)c1ccc(F)c(F)c1. The van der Waals surface area contributed by atoms with Gasteiger partial charge in [0.2, 0.25) is 0 Å². The third-order valence-electron chi connectivity index (χ3n) is 3.07. The molecule has 1 unspecified atom stereocenters. The van der Waals surface area contributed by atoms with Crippen molar-refractivity contribution >= 4 is 0 Å². The van der Waals surface area contributed by atoms with Crippen LogP contribution in [0.2, 0.25) is 0 Å². The highest BCUT2D eigenvalue weighted by Gasteiger charge is 2.17. The van der Waals surface area contributed by atoms with E-state index in [4.69, 9.17) is 5.84 Å². The lowest BCUT2D eigenvalue weighted by Crippen LogP contribution is -2.30. The number of nitrogens with one attached hydrogen (secondary N) is 1. The molecule has 2 aromatic rings. The molecular weight excluding hydrogens is 264 g/mol. The Hall–Kier alpha value is -1.86. The fourth-order valence-corrected chi connectivity index (χ4v) is 2.04. The van der Waals surface area contributed by atoms with Crippen LogP contribution >= 0.6 is 0 Å². The molecule has 0 aliphatic carbocycles. The molecule has 0 radical (unpaired) electrons. The number of hydrogen-bond acceptors (Lipinski definition) is 4. The smallest absolute Gasteiger partial charge is 0.159 e. The molecule has 0 bridgehead atoms. The molecule has 0 saturated carbocycles. The average Bonchev–Trinajstić information content (AvgIpc) is 2.87. The maximum absolute atomic E-state index is 13.3. The number of rotatable bonds is 5. The van der Waals surface area contributed by atoms with Gasteiger partial charge in [0.25, 0.3) is 0 Å². The minimum atomic E-state index is -0.895. The quantitative estimate of drug-likeness (QED) is 0.648. The number of nitrogens with two attached hydrogens (primary N) is 1. The van der Waals surface area contributed by atoms with E-state index in [2.05, 4.69) is 15.5 Å². The molecule has 1 heterocycles. The highest BCUT2D eigenvalue weighted by Crippen LogP contribution is 2.20. The van der Waals surface area contributed by atoms with Crippen LogP contribution in [0.1, 0.15) is 37.3 Å². The van der Waals surface area contributed by atoms with E-state index in [-0.39, 0.29) is 12.1 Å². The van der Waals surface area contributed by atoms with Crippen molar-refractivity contribution in [1.29, 1.82) is 0 Å². The summed E-state index contributed by atoms with van der Waals surface area (Å²) in [4.78, 5) is 4.18. The second-order valence-electron chi connectivity index (χ2n) is 4.81. The summed E-state index contributed by atoms with van der Waals surface area (Å²) in [5.74, 6) is 4.47. The molecule has 0 spiro atoms. The molecule has 7 heteroatoms. The Morgan fingerprint density at radius 2 is 2.05 bits per heavy atom. The highest BCUT2D eigenvalue weighted by atomic mass is 19.2. The summed E-state index contributed by atoms with van der Waals surface area (Å²) in [6.45, 7) is 3.97. The van der Waals surface area contributed by atoms with Gasteiger partial charge in [-0.25, -0.2) is 18.4 Å². The monoisotopic (exact) mass is 281 g/mol. The molecule has 0 saturated heterocycles. The summed E-state index contributed by atoms with van der Waals surface area (Å²) in [5, 5.41) is 4.13. The highest BCUT2D eigenvalue weighted by molar-refractivity contribution is 5.22. The van der Waals surface area contributed by atoms with Gasteiger partial charge in [-0.05, 0) is 31.5 Å². The maximum Gasteiger partial charge on any atom is 0.159 e. The van der Waals surface area contributed by atoms with Crippen LogP contribution in [0.5, 0.6) is 0 Å². The Morgan fingerprint density at radius 3 is 2.65 bits per heavy atom. The minimum absolute atomic E-state index is 0.163. The molecule has 1 aromatic heterocycles. The van der Waals surface area contributed by atoms with Gasteiger partial charge in [0.05, 0.1) is 6.04 Å². The van der Waals surface area contributed by atoms with Crippen LogP contribution in [0.3, 0.4) is 0 Å². The summed E-state index contributed by atoms with van der Waals surface area (Å²) in [5.41, 5.74) is 3.16. The van der Waals surface area contributed by atoms with Gasteiger partial charge >= 0.3 is 0 Å². The lowest BCUT2D eigenvalue weighted by atomic mass is 10.0. The van der Waals surface area contributed by atoms with Gasteiger partial charge in [-0.15, -0.1) is 0 Å². The normalized spacial score (nSPS) is 12.9. The first-order valence-corrected chi connectivity index (χ1v) is 6.32. The van der Waals surface area contributed by atoms with Gasteiger partial charge in [-0.3, -0.25) is 11.3 Å². The molecular formula is C13H17F2N5. The van der Waals surface area contributed by atoms with Crippen molar-refractivity contribution in [3.05, 3.63) is 47.5 Å². The number of hydrogen-bond donors (Lipinski definition) is 2. The lowest BCUT2D eigenvalue weighted by molar-refractivity contribution is 0.463. The van der Waals surface area contributed by atoms with E-state index in [9.17, 15) is 8.78 Å². The molecule has 2 rings (SSSR count). The van der Waals surface area contributed by atoms with E-state index >= 15 is 0 Å². The number of aromatic nitrogens is 3. The Balaban J connectivity index is 2.24. The molecule has 0 aliphatic heterocycles. The van der Waals surface area contributed by atoms with Crippen molar-refractivity contribution in [2.24, 2.45) is 5.84 Å². The van der Waals surface area contributed by atoms with Crippen LogP contribution in [-0.4, -0.2) is 14.8 Å². The third kappa shape index (κ3) is 3.00. The van der Waals surface area contributed by atoms with Gasteiger partial charge in [0.15, 0.2) is 11.6 Å². The number of nitrogens with zero attached hydrogens (tertiary/aromatic N) is 3. The van der Waals surface area contributed by atoms with Gasteiger partial charge < -0.3 is 0 Å². The summed E-state index contributed by atoms with van der Waals surface area (Å²) < 4.78 is 28.0. The largest absolute Gasteiger partial charge is 0.271 e. The molecule has 0 fully saturated rings. The second-order valence-corrected chi connectivity index (χ2v) is 4.81. The van der Waals surface area contributed by atoms with Crippen LogP contribution < -0.4 is 11.3 Å². The van der Waals surface area contributed by atoms with Crippen molar-refractivity contribution in [1.82, 2.24) is 20.2 Å². The van der Waals surface area contributed by atoms with Crippen LogP contribution in [0.4, 0.5) is 8.78 Å². The van der Waals surface area contributed by atoms with Crippen LogP contribution in [0.25, 0.3) is 0 Å². The molecule has 108 valence electrons. The first kappa shape index (κ1) is 14.5. The van der Waals surface area contributed by atoms with E-state index in [1.807, 2.05) is 13.8 Å². The zero-order chi connectivity index (χ0) is 14.7. The standard InChI is InChI=1S/C13H17F2N5/c1-8(2)20-13(17-7-18-20)6-12(19-16)9-3-4-10(14)11(15)5-9/h3-5,7-8,12,19H,6,16H2,1-2H3. The third-order valence-corrected chi connectivity index (χ3v) is 3.07. The zero-order valence-corrected chi connectivity index (χ0v) is 11.3. The van der Waals surface area contributed by atoms with Gasteiger partial charge in [0, 0.05) is 12.5 Å². The van der Waals surface area contributed by atoms with Gasteiger partial charge in [-0.2, -0.15) is 5.10 Å². The fraction of sp³-hybridized carbons (Fsp3) is 0.385. The average molecular weight is 281 g/mol.